The Morgan fingerprint density at radius 2 is 2.44 bits per heavy atom. The van der Waals surface area contributed by atoms with Crippen LogP contribution < -0.4 is 5.32 Å². The molecule has 0 spiro atoms. The fourth-order valence-electron chi connectivity index (χ4n) is 1.70. The second kappa shape index (κ2) is 5.73. The first-order valence-corrected chi connectivity index (χ1v) is 7.30. The van der Waals surface area contributed by atoms with E-state index in [0.29, 0.717) is 6.04 Å². The molecule has 90 valence electrons. The molecule has 1 aliphatic carbocycles. The standard InChI is InChI=1S/C12H21N3S/c1-3-16-8-9(2)13-7-11-6-12(15-14-11)10-4-5-10/h6,9-10,13H,3-5,7-8H2,1-2H3,(H,14,15)/t9-/m0/s1. The number of hydrogen-bond donors (Lipinski definition) is 2. The van der Waals surface area contributed by atoms with E-state index < -0.39 is 0 Å². The zero-order chi connectivity index (χ0) is 11.4. The molecule has 2 N–H and O–H groups in total. The highest BCUT2D eigenvalue weighted by atomic mass is 32.2. The van der Waals surface area contributed by atoms with Gasteiger partial charge in [-0.3, -0.25) is 5.10 Å². The number of H-pyrrole nitrogens is 1. The lowest BCUT2D eigenvalue weighted by Crippen LogP contribution is -2.27. The minimum Gasteiger partial charge on any atom is -0.308 e. The van der Waals surface area contributed by atoms with Crippen LogP contribution in [0.15, 0.2) is 6.07 Å². The van der Waals surface area contributed by atoms with Gasteiger partial charge in [-0.15, -0.1) is 0 Å². The average Bonchev–Trinajstić information content (AvgIpc) is 3.03. The third kappa shape index (κ3) is 3.52. The topological polar surface area (TPSA) is 40.7 Å². The van der Waals surface area contributed by atoms with E-state index in [-0.39, 0.29) is 0 Å². The predicted molar refractivity (Wildman–Crippen MR) is 69.9 cm³/mol. The summed E-state index contributed by atoms with van der Waals surface area (Å²) < 4.78 is 0. The number of nitrogens with one attached hydrogen (secondary N) is 2. The summed E-state index contributed by atoms with van der Waals surface area (Å²) in [5.74, 6) is 3.13. The zero-order valence-corrected chi connectivity index (χ0v) is 10.9. The van der Waals surface area contributed by atoms with Crippen molar-refractivity contribution in [2.45, 2.75) is 45.2 Å². The van der Waals surface area contributed by atoms with Crippen molar-refractivity contribution in [3.63, 3.8) is 0 Å². The highest BCUT2D eigenvalue weighted by Gasteiger charge is 2.25. The van der Waals surface area contributed by atoms with Crippen molar-refractivity contribution in [2.24, 2.45) is 0 Å². The average molecular weight is 239 g/mol. The van der Waals surface area contributed by atoms with Gasteiger partial charge in [-0.05, 0) is 31.6 Å². The second-order valence-corrected chi connectivity index (χ2v) is 5.85. The molecule has 0 radical (unpaired) electrons. The lowest BCUT2D eigenvalue weighted by molar-refractivity contribution is 0.587. The van der Waals surface area contributed by atoms with Gasteiger partial charge in [0.15, 0.2) is 0 Å². The Bertz CT molecular complexity index is 320. The van der Waals surface area contributed by atoms with Crippen LogP contribution in [0.1, 0.15) is 44.0 Å². The van der Waals surface area contributed by atoms with Gasteiger partial charge in [-0.25, -0.2) is 0 Å². The van der Waals surface area contributed by atoms with Gasteiger partial charge in [0, 0.05) is 30.0 Å². The fraction of sp³-hybridized carbons (Fsp3) is 0.750. The van der Waals surface area contributed by atoms with Crippen molar-refractivity contribution in [3.05, 3.63) is 17.5 Å². The summed E-state index contributed by atoms with van der Waals surface area (Å²) in [6.07, 6.45) is 2.64. The van der Waals surface area contributed by atoms with Crippen LogP contribution in [-0.2, 0) is 6.54 Å². The number of rotatable bonds is 7. The maximum absolute atomic E-state index is 4.35. The van der Waals surface area contributed by atoms with E-state index in [1.165, 1.54) is 35.7 Å². The molecular weight excluding hydrogens is 218 g/mol. The van der Waals surface area contributed by atoms with E-state index in [0.717, 1.165) is 12.5 Å². The molecular formula is C12H21N3S. The van der Waals surface area contributed by atoms with Crippen molar-refractivity contribution in [1.82, 2.24) is 15.5 Å². The first-order valence-electron chi connectivity index (χ1n) is 6.15. The third-order valence-electron chi connectivity index (χ3n) is 2.86. The van der Waals surface area contributed by atoms with E-state index in [1.807, 2.05) is 11.8 Å². The maximum atomic E-state index is 4.35. The number of hydrogen-bond acceptors (Lipinski definition) is 3. The molecule has 1 saturated carbocycles. The quantitative estimate of drug-likeness (QED) is 0.768. The molecule has 2 rings (SSSR count). The molecule has 4 heteroatoms. The summed E-state index contributed by atoms with van der Waals surface area (Å²) in [6, 6.07) is 2.78. The second-order valence-electron chi connectivity index (χ2n) is 4.53. The molecule has 0 bridgehead atoms. The molecule has 0 aromatic carbocycles. The minimum absolute atomic E-state index is 0.567. The van der Waals surface area contributed by atoms with Gasteiger partial charge in [0.2, 0.25) is 0 Å². The Balaban J connectivity index is 1.71. The first-order chi connectivity index (χ1) is 7.79. The molecule has 1 heterocycles. The Morgan fingerprint density at radius 1 is 1.62 bits per heavy atom. The summed E-state index contributed by atoms with van der Waals surface area (Å²) in [6.45, 7) is 5.35. The van der Waals surface area contributed by atoms with E-state index in [1.54, 1.807) is 0 Å². The van der Waals surface area contributed by atoms with Crippen molar-refractivity contribution < 1.29 is 0 Å². The lowest BCUT2D eigenvalue weighted by atomic mass is 10.2. The van der Waals surface area contributed by atoms with Gasteiger partial charge in [0.25, 0.3) is 0 Å². The summed E-state index contributed by atoms with van der Waals surface area (Å²) in [7, 11) is 0. The van der Waals surface area contributed by atoms with Gasteiger partial charge in [0.1, 0.15) is 0 Å². The first kappa shape index (κ1) is 12.0. The number of aromatic nitrogens is 2. The maximum Gasteiger partial charge on any atom is 0.0656 e. The number of thioether (sulfide) groups is 1. The van der Waals surface area contributed by atoms with Gasteiger partial charge in [-0.1, -0.05) is 6.92 Å². The van der Waals surface area contributed by atoms with Crippen LogP contribution in [0.25, 0.3) is 0 Å². The SMILES string of the molecule is CCSC[C@H](C)NCc1cc(C2CC2)n[nH]1. The highest BCUT2D eigenvalue weighted by molar-refractivity contribution is 7.99. The van der Waals surface area contributed by atoms with Crippen LogP contribution in [-0.4, -0.2) is 27.7 Å². The molecule has 1 fully saturated rings. The third-order valence-corrected chi connectivity index (χ3v) is 4.00. The van der Waals surface area contributed by atoms with Crippen molar-refractivity contribution in [1.29, 1.82) is 0 Å². The molecule has 1 atom stereocenters. The van der Waals surface area contributed by atoms with E-state index in [9.17, 15) is 0 Å². The molecule has 1 aliphatic rings. The van der Waals surface area contributed by atoms with Crippen LogP contribution >= 0.6 is 11.8 Å². The van der Waals surface area contributed by atoms with Crippen LogP contribution in [0.4, 0.5) is 0 Å². The Hall–Kier alpha value is -0.480. The molecule has 0 saturated heterocycles. The monoisotopic (exact) mass is 239 g/mol. The summed E-state index contributed by atoms with van der Waals surface area (Å²) >= 11 is 1.98. The van der Waals surface area contributed by atoms with Gasteiger partial charge < -0.3 is 5.32 Å². The van der Waals surface area contributed by atoms with Crippen LogP contribution in [0.2, 0.25) is 0 Å². The Morgan fingerprint density at radius 3 is 3.12 bits per heavy atom. The number of nitrogens with zero attached hydrogens (tertiary/aromatic N) is 1. The lowest BCUT2D eigenvalue weighted by Gasteiger charge is -2.11. The normalized spacial score (nSPS) is 17.6. The van der Waals surface area contributed by atoms with Gasteiger partial charge in [0.05, 0.1) is 5.69 Å². The summed E-state index contributed by atoms with van der Waals surface area (Å²) in [4.78, 5) is 0. The summed E-state index contributed by atoms with van der Waals surface area (Å²) in [5.41, 5.74) is 2.47. The van der Waals surface area contributed by atoms with Crippen molar-refractivity contribution in [3.8, 4) is 0 Å². The highest BCUT2D eigenvalue weighted by Crippen LogP contribution is 2.38. The number of aromatic amines is 1. The van der Waals surface area contributed by atoms with Crippen molar-refractivity contribution in [2.75, 3.05) is 11.5 Å². The summed E-state index contributed by atoms with van der Waals surface area (Å²) in [5, 5.41) is 11.0. The van der Waals surface area contributed by atoms with E-state index in [4.69, 9.17) is 0 Å². The van der Waals surface area contributed by atoms with Crippen molar-refractivity contribution >= 4 is 11.8 Å². The van der Waals surface area contributed by atoms with Crippen LogP contribution in [0.5, 0.6) is 0 Å². The smallest absolute Gasteiger partial charge is 0.0656 e. The molecule has 1 aromatic heterocycles. The molecule has 3 nitrogen and oxygen atoms in total. The fourth-order valence-corrected chi connectivity index (χ4v) is 2.40. The van der Waals surface area contributed by atoms with Crippen LogP contribution in [0.3, 0.4) is 0 Å². The van der Waals surface area contributed by atoms with Gasteiger partial charge in [-0.2, -0.15) is 16.9 Å². The minimum atomic E-state index is 0.567. The molecule has 0 aliphatic heterocycles. The van der Waals surface area contributed by atoms with Crippen LogP contribution in [0, 0.1) is 0 Å². The predicted octanol–water partition coefficient (Wildman–Crippen LogP) is 2.52. The molecule has 0 unspecified atom stereocenters. The molecule has 1 aromatic rings. The largest absolute Gasteiger partial charge is 0.308 e. The Labute approximate surface area is 102 Å². The molecule has 16 heavy (non-hydrogen) atoms. The molecule has 0 amide bonds. The Kier molecular flexibility index (Phi) is 4.29. The van der Waals surface area contributed by atoms with E-state index >= 15 is 0 Å². The zero-order valence-electron chi connectivity index (χ0n) is 10.1. The van der Waals surface area contributed by atoms with Gasteiger partial charge >= 0.3 is 0 Å². The van der Waals surface area contributed by atoms with E-state index in [2.05, 4.69) is 35.4 Å².